The van der Waals surface area contributed by atoms with Crippen molar-refractivity contribution in [3.8, 4) is 0 Å². The van der Waals surface area contributed by atoms with Crippen molar-refractivity contribution in [1.82, 2.24) is 14.7 Å². The van der Waals surface area contributed by atoms with Crippen molar-refractivity contribution in [3.63, 3.8) is 0 Å². The first-order valence-corrected chi connectivity index (χ1v) is 15.2. The van der Waals surface area contributed by atoms with E-state index in [-0.39, 0.29) is 35.2 Å². The molecule has 4 aliphatic rings. The fraction of sp³-hybridized carbons (Fsp3) is 0.759. The quantitative estimate of drug-likeness (QED) is 0.201. The Bertz CT molecular complexity index is 909. The van der Waals surface area contributed by atoms with E-state index in [0.717, 1.165) is 51.4 Å². The van der Waals surface area contributed by atoms with Crippen molar-refractivity contribution in [3.05, 3.63) is 25.3 Å². The molecule has 3 aliphatic heterocycles. The second kappa shape index (κ2) is 12.6. The predicted molar refractivity (Wildman–Crippen MR) is 150 cm³/mol. The first kappa shape index (κ1) is 29.3. The number of halogens is 1. The number of fused-ring (bicyclic) bond motifs is 1. The molecule has 3 heterocycles. The SMILES string of the molecule is C=CCN(C)C(=O)[C@H]1[C@@H]2OC3(CC2Br)C(C(=O)N(CC=C)C2CCCCC2)N(CCCCCCO)C(=O)[C@H]13. The van der Waals surface area contributed by atoms with Gasteiger partial charge < -0.3 is 24.5 Å². The Morgan fingerprint density at radius 1 is 1.11 bits per heavy atom. The maximum Gasteiger partial charge on any atom is 0.248 e. The summed E-state index contributed by atoms with van der Waals surface area (Å²) in [5.41, 5.74) is -1.03. The molecule has 1 saturated carbocycles. The van der Waals surface area contributed by atoms with Gasteiger partial charge >= 0.3 is 0 Å². The number of aliphatic hydroxyl groups excluding tert-OH is 1. The molecule has 3 unspecified atom stereocenters. The zero-order valence-corrected chi connectivity index (χ0v) is 24.3. The summed E-state index contributed by atoms with van der Waals surface area (Å²) in [5.74, 6) is -1.66. The van der Waals surface area contributed by atoms with Gasteiger partial charge in [0.25, 0.3) is 0 Å². The number of alkyl halides is 1. The molecule has 4 rings (SSSR count). The predicted octanol–water partition coefficient (Wildman–Crippen LogP) is 3.28. The normalized spacial score (nSPS) is 32.3. The molecule has 3 amide bonds. The number of aliphatic hydroxyl groups is 1. The summed E-state index contributed by atoms with van der Waals surface area (Å²) in [6.07, 6.45) is 12.0. The molecular formula is C29H44BrN3O5. The molecule has 1 spiro atoms. The highest BCUT2D eigenvalue weighted by molar-refractivity contribution is 9.09. The van der Waals surface area contributed by atoms with Crippen molar-refractivity contribution in [2.24, 2.45) is 11.8 Å². The second-order valence-electron chi connectivity index (χ2n) is 11.4. The molecule has 8 nitrogen and oxygen atoms in total. The van der Waals surface area contributed by atoms with Gasteiger partial charge in [0, 0.05) is 44.2 Å². The highest BCUT2D eigenvalue weighted by Gasteiger charge is 2.76. The van der Waals surface area contributed by atoms with Crippen LogP contribution in [0.15, 0.2) is 25.3 Å². The molecule has 38 heavy (non-hydrogen) atoms. The molecule has 3 saturated heterocycles. The fourth-order valence-corrected chi connectivity index (χ4v) is 8.27. The molecule has 0 aromatic carbocycles. The first-order chi connectivity index (χ1) is 18.3. The number of carbonyl (C=O) groups excluding carboxylic acids is 3. The lowest BCUT2D eigenvalue weighted by Crippen LogP contribution is -2.58. The number of likely N-dealkylation sites (N-methyl/N-ethyl adjacent to an activating group) is 1. The summed E-state index contributed by atoms with van der Waals surface area (Å²) in [4.78, 5) is 47.5. The van der Waals surface area contributed by atoms with Crippen molar-refractivity contribution >= 4 is 33.7 Å². The summed E-state index contributed by atoms with van der Waals surface area (Å²) in [6.45, 7) is 9.08. The van der Waals surface area contributed by atoms with E-state index in [1.807, 2.05) is 4.90 Å². The third kappa shape index (κ3) is 5.22. The lowest BCUT2D eigenvalue weighted by molar-refractivity contribution is -0.150. The van der Waals surface area contributed by atoms with Gasteiger partial charge in [0.1, 0.15) is 11.6 Å². The van der Waals surface area contributed by atoms with Crippen LogP contribution >= 0.6 is 15.9 Å². The van der Waals surface area contributed by atoms with Gasteiger partial charge in [0.2, 0.25) is 17.7 Å². The summed E-state index contributed by atoms with van der Waals surface area (Å²) < 4.78 is 6.66. The number of likely N-dealkylation sites (tertiary alicyclic amines) is 1. The van der Waals surface area contributed by atoms with E-state index in [1.165, 1.54) is 6.42 Å². The van der Waals surface area contributed by atoms with Gasteiger partial charge in [-0.15, -0.1) is 13.2 Å². The van der Waals surface area contributed by atoms with Crippen LogP contribution in [0.25, 0.3) is 0 Å². The lowest BCUT2D eigenvalue weighted by Gasteiger charge is -2.41. The summed E-state index contributed by atoms with van der Waals surface area (Å²) in [5, 5.41) is 9.15. The van der Waals surface area contributed by atoms with Crippen LogP contribution < -0.4 is 0 Å². The molecule has 0 aromatic rings. The number of hydrogen-bond donors (Lipinski definition) is 1. The van der Waals surface area contributed by atoms with E-state index in [4.69, 9.17) is 9.84 Å². The maximum absolute atomic E-state index is 14.5. The van der Waals surface area contributed by atoms with Gasteiger partial charge in [-0.2, -0.15) is 0 Å². The van der Waals surface area contributed by atoms with Crippen LogP contribution in [0, 0.1) is 11.8 Å². The topological polar surface area (TPSA) is 90.4 Å². The summed E-state index contributed by atoms with van der Waals surface area (Å²) in [7, 11) is 1.72. The van der Waals surface area contributed by atoms with Crippen LogP contribution in [0.1, 0.15) is 64.2 Å². The molecule has 0 radical (unpaired) electrons. The van der Waals surface area contributed by atoms with Gasteiger partial charge in [-0.05, 0) is 32.1 Å². The molecule has 0 aromatic heterocycles. The molecule has 2 bridgehead atoms. The maximum atomic E-state index is 14.5. The minimum atomic E-state index is -1.03. The van der Waals surface area contributed by atoms with Gasteiger partial charge in [-0.3, -0.25) is 14.4 Å². The molecule has 212 valence electrons. The summed E-state index contributed by atoms with van der Waals surface area (Å²) >= 11 is 3.76. The number of nitrogens with zero attached hydrogens (tertiary/aromatic N) is 3. The highest BCUT2D eigenvalue weighted by Crippen LogP contribution is 2.60. The van der Waals surface area contributed by atoms with E-state index in [0.29, 0.717) is 26.1 Å². The number of hydrogen-bond acceptors (Lipinski definition) is 5. The monoisotopic (exact) mass is 593 g/mol. The van der Waals surface area contributed by atoms with Crippen molar-refractivity contribution in [1.29, 1.82) is 0 Å². The molecule has 1 aliphatic carbocycles. The minimum absolute atomic E-state index is 0.0732. The fourth-order valence-electron chi connectivity index (χ4n) is 7.33. The average molecular weight is 595 g/mol. The summed E-state index contributed by atoms with van der Waals surface area (Å²) in [6, 6.07) is -0.631. The number of unbranched alkanes of at least 4 members (excludes halogenated alkanes) is 3. The van der Waals surface area contributed by atoms with Crippen LogP contribution in [0.4, 0.5) is 0 Å². The van der Waals surface area contributed by atoms with Crippen LogP contribution in [0.5, 0.6) is 0 Å². The van der Waals surface area contributed by atoms with Crippen LogP contribution in [0.2, 0.25) is 0 Å². The minimum Gasteiger partial charge on any atom is -0.396 e. The Morgan fingerprint density at radius 3 is 2.45 bits per heavy atom. The Labute approximate surface area is 235 Å². The van der Waals surface area contributed by atoms with Crippen molar-refractivity contribution in [2.45, 2.75) is 92.8 Å². The van der Waals surface area contributed by atoms with E-state index in [2.05, 4.69) is 29.1 Å². The zero-order valence-electron chi connectivity index (χ0n) is 22.7. The van der Waals surface area contributed by atoms with E-state index < -0.39 is 29.6 Å². The molecule has 9 heteroatoms. The van der Waals surface area contributed by atoms with Crippen LogP contribution in [0.3, 0.4) is 0 Å². The van der Waals surface area contributed by atoms with Gasteiger partial charge in [-0.25, -0.2) is 0 Å². The average Bonchev–Trinajstić information content (AvgIpc) is 3.50. The smallest absolute Gasteiger partial charge is 0.248 e. The third-order valence-electron chi connectivity index (χ3n) is 9.02. The zero-order chi connectivity index (χ0) is 27.4. The Balaban J connectivity index is 1.69. The standard InChI is InChI=1S/C29H44BrN3O5/c1-4-15-31(3)26(35)22-23-27(36)33(17-11-6-7-12-18-34)25(29(23)19-21(30)24(22)38-29)28(37)32(16-5-2)20-13-9-8-10-14-20/h4-5,20-25,34H,1-2,6-19H2,3H3/t21?,22-,23+,24-,25?,29?/m1/s1. The largest absolute Gasteiger partial charge is 0.396 e. The molecule has 6 atom stereocenters. The van der Waals surface area contributed by atoms with Gasteiger partial charge in [0.05, 0.1) is 17.9 Å². The number of amides is 3. The van der Waals surface area contributed by atoms with Crippen molar-refractivity contribution < 1.29 is 24.2 Å². The highest BCUT2D eigenvalue weighted by atomic mass is 79.9. The number of carbonyl (C=O) groups is 3. The second-order valence-corrected chi connectivity index (χ2v) is 12.6. The Morgan fingerprint density at radius 2 is 1.79 bits per heavy atom. The lowest BCUT2D eigenvalue weighted by atomic mass is 9.70. The third-order valence-corrected chi connectivity index (χ3v) is 9.86. The van der Waals surface area contributed by atoms with Crippen LogP contribution in [-0.4, -0.2) is 99.4 Å². The number of rotatable bonds is 13. The van der Waals surface area contributed by atoms with E-state index in [1.54, 1.807) is 29.0 Å². The van der Waals surface area contributed by atoms with Gasteiger partial charge in [-0.1, -0.05) is 60.2 Å². The Kier molecular flexibility index (Phi) is 9.74. The molecule has 4 fully saturated rings. The first-order valence-electron chi connectivity index (χ1n) is 14.3. The molecular weight excluding hydrogens is 550 g/mol. The van der Waals surface area contributed by atoms with E-state index >= 15 is 0 Å². The van der Waals surface area contributed by atoms with Gasteiger partial charge in [0.15, 0.2) is 0 Å². The van der Waals surface area contributed by atoms with E-state index in [9.17, 15) is 14.4 Å². The molecule has 1 N–H and O–H groups in total. The van der Waals surface area contributed by atoms with Crippen molar-refractivity contribution in [2.75, 3.05) is 33.3 Å². The van der Waals surface area contributed by atoms with Crippen LogP contribution in [-0.2, 0) is 19.1 Å². The Hall–Kier alpha value is -1.71. The number of ether oxygens (including phenoxy) is 1.